The van der Waals surface area contributed by atoms with Crippen molar-refractivity contribution in [3.63, 3.8) is 0 Å². The summed E-state index contributed by atoms with van der Waals surface area (Å²) in [5.41, 5.74) is 7.88. The van der Waals surface area contributed by atoms with Gasteiger partial charge in [0.15, 0.2) is 5.78 Å². The molecule has 0 spiro atoms. The van der Waals surface area contributed by atoms with Crippen molar-refractivity contribution in [2.75, 3.05) is 12.3 Å². The number of halogens is 2. The van der Waals surface area contributed by atoms with E-state index in [0.29, 0.717) is 33.5 Å². The van der Waals surface area contributed by atoms with Crippen LogP contribution in [0.5, 0.6) is 5.75 Å². The predicted octanol–water partition coefficient (Wildman–Crippen LogP) is 3.74. The lowest BCUT2D eigenvalue weighted by atomic mass is 9.98. The van der Waals surface area contributed by atoms with Gasteiger partial charge in [0, 0.05) is 17.0 Å². The number of nitrogens with two attached hydrogens (primary N) is 1. The number of anilines is 1. The Morgan fingerprint density at radius 2 is 2.00 bits per heavy atom. The number of nitrogen functional groups attached to an aromatic ring is 1. The van der Waals surface area contributed by atoms with Crippen molar-refractivity contribution in [3.8, 4) is 5.75 Å². The van der Waals surface area contributed by atoms with Gasteiger partial charge in [-0.1, -0.05) is 29.3 Å². The molecule has 0 saturated heterocycles. The van der Waals surface area contributed by atoms with E-state index < -0.39 is 0 Å². The predicted molar refractivity (Wildman–Crippen MR) is 79.9 cm³/mol. The molecule has 3 rings (SSSR count). The van der Waals surface area contributed by atoms with Gasteiger partial charge in [0.2, 0.25) is 0 Å². The van der Waals surface area contributed by atoms with E-state index in [9.17, 15) is 4.79 Å². The molecule has 1 aliphatic rings. The van der Waals surface area contributed by atoms with Crippen LogP contribution >= 0.6 is 23.2 Å². The fraction of sp³-hybridized carbons (Fsp3) is 0.133. The number of ether oxygens (including phenoxy) is 1. The molecule has 0 fully saturated rings. The van der Waals surface area contributed by atoms with Crippen LogP contribution in [-0.4, -0.2) is 12.4 Å². The summed E-state index contributed by atoms with van der Waals surface area (Å²) in [6, 6.07) is 8.41. The summed E-state index contributed by atoms with van der Waals surface area (Å²) >= 11 is 12.0. The highest BCUT2D eigenvalue weighted by atomic mass is 35.5. The molecule has 0 saturated carbocycles. The molecule has 0 aliphatic carbocycles. The van der Waals surface area contributed by atoms with E-state index in [1.165, 1.54) is 0 Å². The molecule has 0 unspecified atom stereocenters. The molecule has 3 nitrogen and oxygen atoms in total. The van der Waals surface area contributed by atoms with Crippen LogP contribution in [0.3, 0.4) is 0 Å². The first-order chi connectivity index (χ1) is 9.58. The molecule has 2 aromatic rings. The molecule has 0 amide bonds. The Bertz CT molecular complexity index is 713. The molecular weight excluding hydrogens is 297 g/mol. The smallest absolute Gasteiger partial charge is 0.198 e. The zero-order valence-corrected chi connectivity index (χ0v) is 12.0. The van der Waals surface area contributed by atoms with Crippen molar-refractivity contribution in [1.29, 1.82) is 0 Å². The second-order valence-electron chi connectivity index (χ2n) is 4.57. The van der Waals surface area contributed by atoms with Crippen molar-refractivity contribution in [1.82, 2.24) is 0 Å². The number of carbonyl (C=O) groups excluding carboxylic acids is 1. The fourth-order valence-corrected chi connectivity index (χ4v) is 2.73. The molecule has 2 aromatic carbocycles. The first kappa shape index (κ1) is 13.3. The molecule has 0 aromatic heterocycles. The maximum absolute atomic E-state index is 12.7. The summed E-state index contributed by atoms with van der Waals surface area (Å²) in [5, 5.41) is 0.869. The van der Waals surface area contributed by atoms with Gasteiger partial charge < -0.3 is 10.5 Å². The lowest BCUT2D eigenvalue weighted by molar-refractivity contribution is 0.103. The zero-order valence-electron chi connectivity index (χ0n) is 10.5. The van der Waals surface area contributed by atoms with Crippen molar-refractivity contribution < 1.29 is 9.53 Å². The number of benzene rings is 2. The van der Waals surface area contributed by atoms with E-state index in [1.807, 2.05) is 6.07 Å². The number of ketones is 1. The topological polar surface area (TPSA) is 52.3 Å². The molecule has 0 atom stereocenters. The van der Waals surface area contributed by atoms with E-state index in [0.717, 1.165) is 12.0 Å². The molecule has 5 heteroatoms. The molecule has 1 heterocycles. The van der Waals surface area contributed by atoms with Crippen LogP contribution < -0.4 is 10.5 Å². The van der Waals surface area contributed by atoms with Crippen LogP contribution in [0.25, 0.3) is 0 Å². The monoisotopic (exact) mass is 307 g/mol. The summed E-state index contributed by atoms with van der Waals surface area (Å²) in [4.78, 5) is 12.7. The average Bonchev–Trinajstić information content (AvgIpc) is 2.88. The third kappa shape index (κ3) is 2.13. The van der Waals surface area contributed by atoms with Gasteiger partial charge in [-0.15, -0.1) is 0 Å². The van der Waals surface area contributed by atoms with Crippen molar-refractivity contribution in [3.05, 3.63) is 57.1 Å². The SMILES string of the molecule is Nc1c(Cl)cccc1C(=O)c1cc(Cl)cc2c1OCC2. The van der Waals surface area contributed by atoms with E-state index in [-0.39, 0.29) is 11.5 Å². The minimum atomic E-state index is -0.231. The Morgan fingerprint density at radius 1 is 1.20 bits per heavy atom. The van der Waals surface area contributed by atoms with Crippen molar-refractivity contribution in [2.24, 2.45) is 0 Å². The van der Waals surface area contributed by atoms with E-state index in [4.69, 9.17) is 33.7 Å². The highest BCUT2D eigenvalue weighted by Gasteiger charge is 2.24. The number of hydrogen-bond acceptors (Lipinski definition) is 3. The van der Waals surface area contributed by atoms with E-state index >= 15 is 0 Å². The second-order valence-corrected chi connectivity index (χ2v) is 5.41. The lowest BCUT2D eigenvalue weighted by Gasteiger charge is -2.10. The number of para-hydroxylation sites is 1. The number of hydrogen-bond donors (Lipinski definition) is 1. The van der Waals surface area contributed by atoms with Gasteiger partial charge in [0.1, 0.15) is 5.75 Å². The third-order valence-electron chi connectivity index (χ3n) is 3.29. The molecule has 0 radical (unpaired) electrons. The first-order valence-corrected chi connectivity index (χ1v) is 6.87. The van der Waals surface area contributed by atoms with Crippen LogP contribution in [0.2, 0.25) is 10.0 Å². The van der Waals surface area contributed by atoms with Crippen LogP contribution in [0.15, 0.2) is 30.3 Å². The fourth-order valence-electron chi connectivity index (χ4n) is 2.32. The maximum atomic E-state index is 12.7. The van der Waals surface area contributed by atoms with Gasteiger partial charge in [0.05, 0.1) is 22.9 Å². The zero-order chi connectivity index (χ0) is 14.3. The molecule has 2 N–H and O–H groups in total. The largest absolute Gasteiger partial charge is 0.492 e. The lowest BCUT2D eigenvalue weighted by Crippen LogP contribution is -2.07. The highest BCUT2D eigenvalue weighted by molar-refractivity contribution is 6.34. The summed E-state index contributed by atoms with van der Waals surface area (Å²) in [6.07, 6.45) is 0.751. The Labute approximate surface area is 126 Å². The summed E-state index contributed by atoms with van der Waals surface area (Å²) in [5.74, 6) is 0.365. The quantitative estimate of drug-likeness (QED) is 0.679. The summed E-state index contributed by atoms with van der Waals surface area (Å²) in [7, 11) is 0. The Balaban J connectivity index is 2.14. The average molecular weight is 308 g/mol. The van der Waals surface area contributed by atoms with Gasteiger partial charge in [0.25, 0.3) is 0 Å². The minimum Gasteiger partial charge on any atom is -0.492 e. The van der Waals surface area contributed by atoms with Crippen molar-refractivity contribution in [2.45, 2.75) is 6.42 Å². The summed E-state index contributed by atoms with van der Waals surface area (Å²) < 4.78 is 5.54. The van der Waals surface area contributed by atoms with E-state index in [1.54, 1.807) is 24.3 Å². The van der Waals surface area contributed by atoms with Gasteiger partial charge in [-0.3, -0.25) is 4.79 Å². The standard InChI is InChI=1S/C15H11Cl2NO2/c16-9-6-8-4-5-20-15(8)11(7-9)14(19)10-2-1-3-12(17)13(10)18/h1-3,6-7H,4-5,18H2. The maximum Gasteiger partial charge on any atom is 0.198 e. The third-order valence-corrected chi connectivity index (χ3v) is 3.84. The van der Waals surface area contributed by atoms with Gasteiger partial charge in [-0.2, -0.15) is 0 Å². The Morgan fingerprint density at radius 3 is 2.80 bits per heavy atom. The Kier molecular flexibility index (Phi) is 3.32. The Hall–Kier alpha value is -1.71. The van der Waals surface area contributed by atoms with Crippen LogP contribution in [-0.2, 0) is 6.42 Å². The van der Waals surface area contributed by atoms with Gasteiger partial charge in [-0.25, -0.2) is 0 Å². The van der Waals surface area contributed by atoms with Gasteiger partial charge >= 0.3 is 0 Å². The highest BCUT2D eigenvalue weighted by Crippen LogP contribution is 2.35. The van der Waals surface area contributed by atoms with Crippen LogP contribution in [0.1, 0.15) is 21.5 Å². The second kappa shape index (κ2) is 5.00. The number of fused-ring (bicyclic) bond motifs is 1. The molecular formula is C15H11Cl2NO2. The van der Waals surface area contributed by atoms with Crippen LogP contribution in [0.4, 0.5) is 5.69 Å². The normalized spacial score (nSPS) is 12.9. The molecule has 20 heavy (non-hydrogen) atoms. The van der Waals surface area contributed by atoms with Gasteiger partial charge in [-0.05, 0) is 29.8 Å². The molecule has 0 bridgehead atoms. The number of carbonyl (C=O) groups is 1. The molecule has 102 valence electrons. The van der Waals surface area contributed by atoms with Crippen molar-refractivity contribution >= 4 is 34.7 Å². The molecule has 1 aliphatic heterocycles. The van der Waals surface area contributed by atoms with E-state index in [2.05, 4.69) is 0 Å². The first-order valence-electron chi connectivity index (χ1n) is 6.12. The summed E-state index contributed by atoms with van der Waals surface area (Å²) in [6.45, 7) is 0.557. The minimum absolute atomic E-state index is 0.231. The van der Waals surface area contributed by atoms with Crippen LogP contribution in [0, 0.1) is 0 Å². The number of rotatable bonds is 2.